The van der Waals surface area contributed by atoms with Gasteiger partial charge in [0, 0.05) is 6.42 Å². The second-order valence-electron chi connectivity index (χ2n) is 2.41. The smallest absolute Gasteiger partial charge is 0.173 e. The maximum absolute atomic E-state index is 10.6. The molecule has 0 aromatic rings. The first kappa shape index (κ1) is 10.0. The lowest BCUT2D eigenvalue weighted by atomic mass is 10.1. The van der Waals surface area contributed by atoms with Crippen LogP contribution in [0.5, 0.6) is 0 Å². The van der Waals surface area contributed by atoms with E-state index in [0.717, 1.165) is 31.9 Å². The molecule has 0 unspecified atom stereocenters. The first-order valence-electron chi connectivity index (χ1n) is 3.83. The summed E-state index contributed by atoms with van der Waals surface area (Å²) in [5.41, 5.74) is 0. The van der Waals surface area contributed by atoms with Crippen molar-refractivity contribution in [3.8, 4) is 0 Å². The molecule has 0 fully saturated rings. The highest BCUT2D eigenvalue weighted by Crippen LogP contribution is 2.01. The third-order valence-corrected chi connectivity index (χ3v) is 1.43. The molecule has 11 heavy (non-hydrogen) atoms. The Labute approximate surface area is 66.8 Å². The zero-order valence-corrected chi connectivity index (χ0v) is 6.60. The van der Waals surface area contributed by atoms with E-state index in [2.05, 4.69) is 0 Å². The molecule has 0 radical (unpaired) electrons. The lowest BCUT2D eigenvalue weighted by molar-refractivity contribution is -0.112. The van der Waals surface area contributed by atoms with Gasteiger partial charge in [-0.3, -0.25) is 4.79 Å². The standard InChI is InChI=1S/C8H14N2O/c9-6-4-2-1-3-5-8(11)7-10/h6-7,9-10H,1-5H2. The molecule has 0 bridgehead atoms. The Bertz CT molecular complexity index is 143. The second-order valence-corrected chi connectivity index (χ2v) is 2.41. The van der Waals surface area contributed by atoms with Gasteiger partial charge in [0.15, 0.2) is 5.78 Å². The van der Waals surface area contributed by atoms with Crippen molar-refractivity contribution in [3.63, 3.8) is 0 Å². The molecule has 0 spiro atoms. The predicted octanol–water partition coefficient (Wildman–Crippen LogP) is 1.81. The Morgan fingerprint density at radius 1 is 1.18 bits per heavy atom. The summed E-state index contributed by atoms with van der Waals surface area (Å²) in [5.74, 6) is -0.0974. The Morgan fingerprint density at radius 3 is 2.45 bits per heavy atom. The van der Waals surface area contributed by atoms with Gasteiger partial charge in [0.2, 0.25) is 0 Å². The maximum Gasteiger partial charge on any atom is 0.173 e. The van der Waals surface area contributed by atoms with Gasteiger partial charge in [-0.15, -0.1) is 0 Å². The molecular weight excluding hydrogens is 140 g/mol. The molecule has 0 amide bonds. The van der Waals surface area contributed by atoms with Crippen LogP contribution in [0.2, 0.25) is 0 Å². The van der Waals surface area contributed by atoms with Gasteiger partial charge in [-0.2, -0.15) is 0 Å². The van der Waals surface area contributed by atoms with Crippen LogP contribution in [0.15, 0.2) is 0 Å². The highest BCUT2D eigenvalue weighted by Gasteiger charge is 1.95. The largest absolute Gasteiger partial charge is 0.313 e. The van der Waals surface area contributed by atoms with E-state index in [4.69, 9.17) is 10.8 Å². The summed E-state index contributed by atoms with van der Waals surface area (Å²) < 4.78 is 0. The molecule has 0 heterocycles. The summed E-state index contributed by atoms with van der Waals surface area (Å²) >= 11 is 0. The van der Waals surface area contributed by atoms with Gasteiger partial charge >= 0.3 is 0 Å². The van der Waals surface area contributed by atoms with Crippen LogP contribution in [-0.4, -0.2) is 18.2 Å². The molecule has 0 aliphatic carbocycles. The van der Waals surface area contributed by atoms with Crippen LogP contribution in [0.1, 0.15) is 32.1 Å². The number of hydrogen-bond acceptors (Lipinski definition) is 3. The number of carbonyl (C=O) groups is 1. The fraction of sp³-hybridized carbons (Fsp3) is 0.625. The van der Waals surface area contributed by atoms with Crippen molar-refractivity contribution >= 4 is 18.2 Å². The Balaban J connectivity index is 3.07. The van der Waals surface area contributed by atoms with Crippen LogP contribution in [-0.2, 0) is 4.79 Å². The van der Waals surface area contributed by atoms with E-state index in [1.165, 1.54) is 6.21 Å². The molecule has 3 nitrogen and oxygen atoms in total. The molecule has 3 heteroatoms. The lowest BCUT2D eigenvalue weighted by Crippen LogP contribution is -1.96. The topological polar surface area (TPSA) is 64.8 Å². The van der Waals surface area contributed by atoms with Crippen LogP contribution in [0.25, 0.3) is 0 Å². The van der Waals surface area contributed by atoms with Crippen molar-refractivity contribution in [3.05, 3.63) is 0 Å². The van der Waals surface area contributed by atoms with Gasteiger partial charge in [0.25, 0.3) is 0 Å². The van der Waals surface area contributed by atoms with E-state index >= 15 is 0 Å². The van der Waals surface area contributed by atoms with Crippen LogP contribution in [0.4, 0.5) is 0 Å². The first-order chi connectivity index (χ1) is 5.31. The number of carbonyl (C=O) groups excluding carboxylic acids is 1. The third-order valence-electron chi connectivity index (χ3n) is 1.43. The first-order valence-corrected chi connectivity index (χ1v) is 3.83. The third kappa shape index (κ3) is 6.90. The van der Waals surface area contributed by atoms with E-state index in [1.807, 2.05) is 0 Å². The number of hydrogen-bond donors (Lipinski definition) is 2. The molecule has 0 aliphatic rings. The molecule has 0 saturated carbocycles. The van der Waals surface area contributed by atoms with Crippen LogP contribution in [0, 0.1) is 10.8 Å². The fourth-order valence-corrected chi connectivity index (χ4v) is 0.795. The summed E-state index contributed by atoms with van der Waals surface area (Å²) in [6, 6.07) is 0. The van der Waals surface area contributed by atoms with E-state index in [-0.39, 0.29) is 5.78 Å². The minimum absolute atomic E-state index is 0.0974. The fourth-order valence-electron chi connectivity index (χ4n) is 0.795. The van der Waals surface area contributed by atoms with Crippen LogP contribution < -0.4 is 0 Å². The monoisotopic (exact) mass is 154 g/mol. The highest BCUT2D eigenvalue weighted by atomic mass is 16.1. The summed E-state index contributed by atoms with van der Waals surface area (Å²) in [6.45, 7) is 0. The maximum atomic E-state index is 10.6. The van der Waals surface area contributed by atoms with Crippen molar-refractivity contribution in [1.82, 2.24) is 0 Å². The zero-order chi connectivity index (χ0) is 8.53. The molecule has 0 aliphatic heterocycles. The van der Waals surface area contributed by atoms with Crippen molar-refractivity contribution < 1.29 is 4.79 Å². The molecule has 0 aromatic heterocycles. The van der Waals surface area contributed by atoms with Gasteiger partial charge in [-0.25, -0.2) is 0 Å². The van der Waals surface area contributed by atoms with Gasteiger partial charge in [-0.05, 0) is 25.5 Å². The van der Waals surface area contributed by atoms with Crippen molar-refractivity contribution in [2.45, 2.75) is 32.1 Å². The van der Waals surface area contributed by atoms with Crippen molar-refractivity contribution in [2.75, 3.05) is 0 Å². The molecule has 0 atom stereocenters. The van der Waals surface area contributed by atoms with Gasteiger partial charge in [0.1, 0.15) is 0 Å². The Hall–Kier alpha value is -0.990. The van der Waals surface area contributed by atoms with E-state index < -0.39 is 0 Å². The Kier molecular flexibility index (Phi) is 6.48. The molecule has 62 valence electrons. The highest BCUT2D eigenvalue weighted by molar-refractivity contribution is 6.26. The van der Waals surface area contributed by atoms with E-state index in [9.17, 15) is 4.79 Å². The number of ketones is 1. The lowest BCUT2D eigenvalue weighted by Gasteiger charge is -1.94. The van der Waals surface area contributed by atoms with E-state index in [1.54, 1.807) is 0 Å². The summed E-state index contributed by atoms with van der Waals surface area (Å²) in [6.07, 6.45) is 6.36. The van der Waals surface area contributed by atoms with Gasteiger partial charge in [-0.1, -0.05) is 6.42 Å². The van der Waals surface area contributed by atoms with Gasteiger partial charge in [0.05, 0.1) is 6.21 Å². The SMILES string of the molecule is N=CCCCCCC(=O)C=N. The number of rotatable bonds is 7. The minimum atomic E-state index is -0.0974. The molecule has 0 aromatic carbocycles. The number of nitrogens with one attached hydrogen (secondary N) is 2. The molecular formula is C8H14N2O. The Morgan fingerprint density at radius 2 is 1.91 bits per heavy atom. The number of Topliss-reactive ketones (excluding diaryl/α,β-unsaturated/α-hetero) is 1. The average Bonchev–Trinajstić information content (AvgIpc) is 2.04. The predicted molar refractivity (Wildman–Crippen MR) is 45.7 cm³/mol. The van der Waals surface area contributed by atoms with E-state index in [0.29, 0.717) is 6.42 Å². The quantitative estimate of drug-likeness (QED) is 0.426. The summed E-state index contributed by atoms with van der Waals surface area (Å²) in [4.78, 5) is 10.6. The average molecular weight is 154 g/mol. The summed E-state index contributed by atoms with van der Waals surface area (Å²) in [5, 5.41) is 13.3. The van der Waals surface area contributed by atoms with Crippen LogP contribution >= 0.6 is 0 Å². The number of unbranched alkanes of at least 4 members (excludes halogenated alkanes) is 3. The van der Waals surface area contributed by atoms with Gasteiger partial charge < -0.3 is 10.8 Å². The summed E-state index contributed by atoms with van der Waals surface area (Å²) in [7, 11) is 0. The zero-order valence-electron chi connectivity index (χ0n) is 6.60. The van der Waals surface area contributed by atoms with Crippen LogP contribution in [0.3, 0.4) is 0 Å². The minimum Gasteiger partial charge on any atom is -0.313 e. The van der Waals surface area contributed by atoms with Crippen molar-refractivity contribution in [1.29, 1.82) is 10.8 Å². The second kappa shape index (κ2) is 7.12. The normalized spacial score (nSPS) is 9.09. The van der Waals surface area contributed by atoms with Crippen molar-refractivity contribution in [2.24, 2.45) is 0 Å². The molecule has 0 rings (SSSR count). The molecule has 0 saturated heterocycles. The molecule has 2 N–H and O–H groups in total.